The number of hydrogen-bond donors (Lipinski definition) is 2. The molecule has 0 radical (unpaired) electrons. The second-order valence-corrected chi connectivity index (χ2v) is 6.71. The molecule has 126 valence electrons. The monoisotopic (exact) mass is 329 g/mol. The molecule has 2 aromatic carbocycles. The van der Waals surface area contributed by atoms with Gasteiger partial charge in [0.15, 0.2) is 23.1 Å². The average molecular weight is 329 g/mol. The van der Waals surface area contributed by atoms with Crippen molar-refractivity contribution in [3.8, 4) is 28.4 Å². The van der Waals surface area contributed by atoms with Crippen molar-refractivity contribution in [2.45, 2.75) is 25.8 Å². The molecule has 1 atom stereocenters. The number of phenols is 2. The SMILES string of the molecule is COc1c(O)cc2c3c1-c1cc(C)c(O)c(F)c1CC3N(C)CC2. The van der Waals surface area contributed by atoms with Crippen LogP contribution in [0.2, 0.25) is 0 Å². The summed E-state index contributed by atoms with van der Waals surface area (Å²) in [5.74, 6) is -0.412. The molecule has 2 aliphatic rings. The van der Waals surface area contributed by atoms with Crippen molar-refractivity contribution in [1.82, 2.24) is 4.90 Å². The third kappa shape index (κ3) is 1.88. The molecule has 0 bridgehead atoms. The Morgan fingerprint density at radius 3 is 2.75 bits per heavy atom. The van der Waals surface area contributed by atoms with E-state index in [2.05, 4.69) is 4.90 Å². The lowest BCUT2D eigenvalue weighted by atomic mass is 9.76. The lowest BCUT2D eigenvalue weighted by Crippen LogP contribution is -2.36. The van der Waals surface area contributed by atoms with E-state index in [4.69, 9.17) is 4.74 Å². The number of ether oxygens (including phenoxy) is 1. The Morgan fingerprint density at radius 1 is 1.29 bits per heavy atom. The molecule has 0 saturated carbocycles. The van der Waals surface area contributed by atoms with Crippen molar-refractivity contribution in [3.63, 3.8) is 0 Å². The van der Waals surface area contributed by atoms with Gasteiger partial charge >= 0.3 is 0 Å². The standard InChI is InChI=1S/C19H20FNO3/c1-9-6-11-12(17(20)18(9)23)8-13-15-10(4-5-21(13)2)7-14(22)19(24-3)16(11)15/h6-7,13,22-23H,4-5,8H2,1-3H3. The fraction of sp³-hybridized carbons (Fsp3) is 0.368. The highest BCUT2D eigenvalue weighted by molar-refractivity contribution is 5.84. The lowest BCUT2D eigenvalue weighted by Gasteiger charge is -2.40. The topological polar surface area (TPSA) is 52.9 Å². The molecular formula is C19H20FNO3. The van der Waals surface area contributed by atoms with Crippen molar-refractivity contribution in [2.75, 3.05) is 20.7 Å². The van der Waals surface area contributed by atoms with Gasteiger partial charge in [0.05, 0.1) is 7.11 Å². The van der Waals surface area contributed by atoms with Gasteiger partial charge in [-0.25, -0.2) is 4.39 Å². The first kappa shape index (κ1) is 15.3. The van der Waals surface area contributed by atoms with Gasteiger partial charge in [0.25, 0.3) is 0 Å². The molecule has 0 spiro atoms. The van der Waals surface area contributed by atoms with Gasteiger partial charge in [0.1, 0.15) is 0 Å². The molecule has 4 nitrogen and oxygen atoms in total. The van der Waals surface area contributed by atoms with E-state index in [1.165, 1.54) is 7.11 Å². The van der Waals surface area contributed by atoms with Crippen LogP contribution in [0.1, 0.15) is 28.3 Å². The largest absolute Gasteiger partial charge is 0.505 e. The molecule has 1 unspecified atom stereocenters. The molecule has 4 rings (SSSR count). The molecule has 2 aromatic rings. The first-order chi connectivity index (χ1) is 11.4. The number of aromatic hydroxyl groups is 2. The van der Waals surface area contributed by atoms with Gasteiger partial charge in [0, 0.05) is 23.7 Å². The zero-order valence-corrected chi connectivity index (χ0v) is 14.0. The number of phenolic OH excluding ortho intramolecular Hbond substituents is 2. The Hall–Kier alpha value is -2.27. The summed E-state index contributed by atoms with van der Waals surface area (Å²) in [4.78, 5) is 2.20. The molecule has 0 saturated heterocycles. The maximum Gasteiger partial charge on any atom is 0.168 e. The highest BCUT2D eigenvalue weighted by Gasteiger charge is 2.37. The molecule has 1 aliphatic carbocycles. The number of methoxy groups -OCH3 is 1. The molecule has 0 fully saturated rings. The van der Waals surface area contributed by atoms with Crippen LogP contribution < -0.4 is 4.74 Å². The number of aryl methyl sites for hydroxylation is 1. The van der Waals surface area contributed by atoms with Crippen LogP contribution in [0.4, 0.5) is 4.39 Å². The van der Waals surface area contributed by atoms with E-state index in [9.17, 15) is 14.6 Å². The number of halogens is 1. The Kier molecular flexibility index (Phi) is 3.25. The minimum Gasteiger partial charge on any atom is -0.505 e. The molecule has 1 heterocycles. The van der Waals surface area contributed by atoms with Crippen molar-refractivity contribution in [1.29, 1.82) is 0 Å². The first-order valence-corrected chi connectivity index (χ1v) is 8.08. The number of rotatable bonds is 1. The predicted octanol–water partition coefficient (Wildman–Crippen LogP) is 3.31. The number of nitrogens with zero attached hydrogens (tertiary/aromatic N) is 1. The zero-order chi connectivity index (χ0) is 17.2. The molecular weight excluding hydrogens is 309 g/mol. The van der Waals surface area contributed by atoms with Crippen LogP contribution in [0.3, 0.4) is 0 Å². The third-order valence-electron chi connectivity index (χ3n) is 5.39. The van der Waals surface area contributed by atoms with Gasteiger partial charge in [-0.1, -0.05) is 0 Å². The van der Waals surface area contributed by atoms with E-state index in [1.54, 1.807) is 19.1 Å². The van der Waals surface area contributed by atoms with E-state index in [1.807, 2.05) is 7.05 Å². The van der Waals surface area contributed by atoms with E-state index >= 15 is 0 Å². The molecule has 1 aliphatic heterocycles. The van der Waals surface area contributed by atoms with Crippen LogP contribution in [-0.4, -0.2) is 35.8 Å². The van der Waals surface area contributed by atoms with E-state index in [0.717, 1.165) is 29.7 Å². The normalized spacial score (nSPS) is 18.9. The van der Waals surface area contributed by atoms with Crippen molar-refractivity contribution >= 4 is 0 Å². The Balaban J connectivity index is 2.13. The maximum absolute atomic E-state index is 14.8. The minimum atomic E-state index is -0.568. The summed E-state index contributed by atoms with van der Waals surface area (Å²) in [6.07, 6.45) is 1.33. The fourth-order valence-electron chi connectivity index (χ4n) is 4.13. The number of fused-ring (bicyclic) bond motifs is 2. The van der Waals surface area contributed by atoms with Crippen LogP contribution in [0.5, 0.6) is 17.2 Å². The maximum atomic E-state index is 14.8. The second kappa shape index (κ2) is 5.11. The van der Waals surface area contributed by atoms with Crippen LogP contribution in [0.15, 0.2) is 12.1 Å². The highest BCUT2D eigenvalue weighted by atomic mass is 19.1. The van der Waals surface area contributed by atoms with Crippen LogP contribution in [0.25, 0.3) is 11.1 Å². The van der Waals surface area contributed by atoms with E-state index < -0.39 is 5.82 Å². The number of likely N-dealkylation sites (N-methyl/N-ethyl adjacent to an activating group) is 1. The van der Waals surface area contributed by atoms with E-state index in [-0.39, 0.29) is 17.5 Å². The highest BCUT2D eigenvalue weighted by Crippen LogP contribution is 2.53. The van der Waals surface area contributed by atoms with Gasteiger partial charge in [0.2, 0.25) is 0 Å². The smallest absolute Gasteiger partial charge is 0.168 e. The van der Waals surface area contributed by atoms with Crippen LogP contribution in [-0.2, 0) is 12.8 Å². The number of benzene rings is 2. The summed E-state index contributed by atoms with van der Waals surface area (Å²) >= 11 is 0. The van der Waals surface area contributed by atoms with Crippen LogP contribution >= 0.6 is 0 Å². The summed E-state index contributed by atoms with van der Waals surface area (Å²) in [5, 5.41) is 20.4. The molecule has 2 N–H and O–H groups in total. The second-order valence-electron chi connectivity index (χ2n) is 6.71. The summed E-state index contributed by atoms with van der Waals surface area (Å²) in [7, 11) is 3.53. The third-order valence-corrected chi connectivity index (χ3v) is 5.39. The van der Waals surface area contributed by atoms with Crippen molar-refractivity contribution in [3.05, 3.63) is 40.2 Å². The molecule has 0 amide bonds. The quantitative estimate of drug-likeness (QED) is 0.843. The van der Waals surface area contributed by atoms with Gasteiger partial charge in [-0.15, -0.1) is 0 Å². The minimum absolute atomic E-state index is 0.0161. The van der Waals surface area contributed by atoms with E-state index in [0.29, 0.717) is 28.9 Å². The summed E-state index contributed by atoms with van der Waals surface area (Å²) in [6.45, 7) is 2.52. The van der Waals surface area contributed by atoms with Gasteiger partial charge in [-0.2, -0.15) is 0 Å². The zero-order valence-electron chi connectivity index (χ0n) is 14.0. The Labute approximate surface area is 140 Å². The van der Waals surface area contributed by atoms with Crippen LogP contribution in [0, 0.1) is 12.7 Å². The number of hydrogen-bond acceptors (Lipinski definition) is 4. The van der Waals surface area contributed by atoms with Gasteiger partial charge < -0.3 is 14.9 Å². The molecule has 24 heavy (non-hydrogen) atoms. The summed E-state index contributed by atoms with van der Waals surface area (Å²) in [6, 6.07) is 3.57. The fourth-order valence-corrected chi connectivity index (χ4v) is 4.13. The summed E-state index contributed by atoms with van der Waals surface area (Å²) in [5.41, 5.74) is 4.62. The van der Waals surface area contributed by atoms with Gasteiger partial charge in [-0.05, 0) is 61.2 Å². The first-order valence-electron chi connectivity index (χ1n) is 8.08. The molecule has 5 heteroatoms. The van der Waals surface area contributed by atoms with Crippen molar-refractivity contribution in [2.24, 2.45) is 0 Å². The predicted molar refractivity (Wildman–Crippen MR) is 89.2 cm³/mol. The lowest BCUT2D eigenvalue weighted by molar-refractivity contribution is 0.225. The van der Waals surface area contributed by atoms with Gasteiger partial charge in [-0.3, -0.25) is 4.90 Å². The Morgan fingerprint density at radius 2 is 2.04 bits per heavy atom. The average Bonchev–Trinajstić information content (AvgIpc) is 2.56. The summed E-state index contributed by atoms with van der Waals surface area (Å²) < 4.78 is 20.2. The molecule has 0 aromatic heterocycles. The van der Waals surface area contributed by atoms with Crippen molar-refractivity contribution < 1.29 is 19.3 Å². The Bertz CT molecular complexity index is 863.